The Morgan fingerprint density at radius 3 is 2.52 bits per heavy atom. The number of imide groups is 1. The Balaban J connectivity index is 1.87. The third-order valence-electron chi connectivity index (χ3n) is 5.84. The molecule has 8 heteroatoms. The van der Waals surface area contributed by atoms with Crippen LogP contribution in [0.2, 0.25) is 0 Å². The summed E-state index contributed by atoms with van der Waals surface area (Å²) in [5.74, 6) is -4.46. The van der Waals surface area contributed by atoms with Crippen molar-refractivity contribution in [3.63, 3.8) is 0 Å². The van der Waals surface area contributed by atoms with E-state index in [2.05, 4.69) is 0 Å². The number of anilines is 1. The number of para-hydroxylation sites is 1. The molecule has 0 radical (unpaired) electrons. The summed E-state index contributed by atoms with van der Waals surface area (Å²) in [7, 11) is 1.16. The number of fused-ring (bicyclic) bond motifs is 1. The molecule has 0 unspecified atom stereocenters. The number of aliphatic hydroxyl groups is 1. The number of hydrogen-bond donors (Lipinski definition) is 2. The van der Waals surface area contributed by atoms with E-state index in [-0.39, 0.29) is 0 Å². The fourth-order valence-corrected chi connectivity index (χ4v) is 4.57. The van der Waals surface area contributed by atoms with Gasteiger partial charge in [0.05, 0.1) is 12.8 Å². The molecule has 2 aliphatic heterocycles. The third kappa shape index (κ3) is 2.75. The lowest BCUT2D eigenvalue weighted by Crippen LogP contribution is -2.99. The third-order valence-corrected chi connectivity index (χ3v) is 5.84. The number of quaternary nitrogens is 1. The van der Waals surface area contributed by atoms with Crippen molar-refractivity contribution in [2.24, 2.45) is 11.8 Å². The first-order valence-electron chi connectivity index (χ1n) is 9.18. The van der Waals surface area contributed by atoms with Gasteiger partial charge in [-0.25, -0.2) is 14.1 Å². The number of carbonyl (C=O) groups excluding carboxylic acids is 3. The van der Waals surface area contributed by atoms with Crippen LogP contribution in [0.3, 0.4) is 0 Å². The molecule has 0 saturated carbocycles. The number of halogens is 1. The summed E-state index contributed by atoms with van der Waals surface area (Å²) >= 11 is 0. The summed E-state index contributed by atoms with van der Waals surface area (Å²) in [5, 5.41) is 11.6. The van der Waals surface area contributed by atoms with Crippen LogP contribution in [0, 0.1) is 17.7 Å². The van der Waals surface area contributed by atoms with Gasteiger partial charge in [-0.1, -0.05) is 30.3 Å². The molecule has 4 atom stereocenters. The summed E-state index contributed by atoms with van der Waals surface area (Å²) in [4.78, 5) is 40.4. The quantitative estimate of drug-likeness (QED) is 0.563. The van der Waals surface area contributed by atoms with E-state index in [0.717, 1.165) is 12.0 Å². The van der Waals surface area contributed by atoms with Gasteiger partial charge in [0.25, 0.3) is 0 Å². The number of esters is 1. The van der Waals surface area contributed by atoms with E-state index in [9.17, 15) is 23.9 Å². The Hall–Kier alpha value is -3.10. The van der Waals surface area contributed by atoms with Crippen LogP contribution in [-0.4, -0.2) is 42.1 Å². The number of nitrogens with zero attached hydrogens (tertiary/aromatic N) is 1. The van der Waals surface area contributed by atoms with Crippen molar-refractivity contribution < 1.29 is 33.9 Å². The second-order valence-electron chi connectivity index (χ2n) is 7.29. The van der Waals surface area contributed by atoms with Gasteiger partial charge in [0.2, 0.25) is 17.4 Å². The number of nitrogens with two attached hydrogens (primary N) is 1. The summed E-state index contributed by atoms with van der Waals surface area (Å²) in [5.41, 5.74) is -0.853. The molecule has 2 fully saturated rings. The van der Waals surface area contributed by atoms with E-state index >= 15 is 0 Å². The first-order chi connectivity index (χ1) is 13.9. The Morgan fingerprint density at radius 1 is 1.17 bits per heavy atom. The highest BCUT2D eigenvalue weighted by Gasteiger charge is 2.72. The largest absolute Gasteiger partial charge is 0.464 e. The lowest BCUT2D eigenvalue weighted by atomic mass is 9.79. The number of amides is 2. The van der Waals surface area contributed by atoms with Crippen LogP contribution in [0.1, 0.15) is 11.6 Å². The van der Waals surface area contributed by atoms with Crippen molar-refractivity contribution in [1.29, 1.82) is 0 Å². The van der Waals surface area contributed by atoms with Gasteiger partial charge in [0.15, 0.2) is 0 Å². The van der Waals surface area contributed by atoms with Gasteiger partial charge < -0.3 is 15.2 Å². The molecule has 0 aliphatic carbocycles. The van der Waals surface area contributed by atoms with Gasteiger partial charge in [-0.05, 0) is 24.3 Å². The average Bonchev–Trinajstić information content (AvgIpc) is 3.22. The van der Waals surface area contributed by atoms with E-state index in [0.29, 0.717) is 11.3 Å². The van der Waals surface area contributed by atoms with Crippen molar-refractivity contribution in [3.8, 4) is 0 Å². The maximum absolute atomic E-state index is 13.9. The second-order valence-corrected chi connectivity index (χ2v) is 7.29. The first-order valence-corrected chi connectivity index (χ1v) is 9.18. The Bertz CT molecular complexity index is 982. The number of hydrogen-bond acceptors (Lipinski definition) is 5. The van der Waals surface area contributed by atoms with Crippen LogP contribution in [0.4, 0.5) is 10.1 Å². The molecule has 0 aromatic heterocycles. The number of ether oxygens (including phenoxy) is 1. The zero-order valence-corrected chi connectivity index (χ0v) is 15.6. The van der Waals surface area contributed by atoms with Crippen LogP contribution in [0.25, 0.3) is 0 Å². The number of benzene rings is 2. The molecule has 0 spiro atoms. The summed E-state index contributed by atoms with van der Waals surface area (Å²) in [6.07, 6.45) is 0. The molecule has 7 nitrogen and oxygen atoms in total. The van der Waals surface area contributed by atoms with Gasteiger partial charge in [0, 0.05) is 5.56 Å². The predicted octanol–water partition coefficient (Wildman–Crippen LogP) is 0.154. The molecule has 2 amide bonds. The zero-order chi connectivity index (χ0) is 20.8. The van der Waals surface area contributed by atoms with Crippen molar-refractivity contribution in [2.75, 3.05) is 18.6 Å². The van der Waals surface area contributed by atoms with Gasteiger partial charge in [-0.3, -0.25) is 9.59 Å². The van der Waals surface area contributed by atoms with Crippen LogP contribution < -0.4 is 10.2 Å². The molecule has 2 aromatic rings. The van der Waals surface area contributed by atoms with E-state index < -0.39 is 53.6 Å². The average molecular weight is 399 g/mol. The highest BCUT2D eigenvalue weighted by atomic mass is 19.1. The standard InChI is InChI=1S/C21H19FN2O5/c1-29-20(28)21(11-25)16-15(17(23-21)12-6-5-7-13(22)10-12)18(26)24(19(16)27)14-8-3-2-4-9-14/h2-10,15-17,23,25H,11H2,1H3/p+1/t15-,16-,17-,21+/m0/s1. The molecule has 2 aromatic carbocycles. The zero-order valence-electron chi connectivity index (χ0n) is 15.6. The number of methoxy groups -OCH3 is 1. The molecule has 2 saturated heterocycles. The minimum absolute atomic E-state index is 0.381. The number of rotatable bonds is 4. The Kier molecular flexibility index (Phi) is 4.68. The fourth-order valence-electron chi connectivity index (χ4n) is 4.57. The lowest BCUT2D eigenvalue weighted by molar-refractivity contribution is -0.735. The summed E-state index contributed by atoms with van der Waals surface area (Å²) in [6.45, 7) is -0.700. The monoisotopic (exact) mass is 399 g/mol. The number of carbonyl (C=O) groups is 3. The minimum atomic E-state index is -1.69. The van der Waals surface area contributed by atoms with Gasteiger partial charge in [-0.15, -0.1) is 0 Å². The minimum Gasteiger partial charge on any atom is -0.464 e. The second kappa shape index (κ2) is 7.06. The topological polar surface area (TPSA) is 101 Å². The normalized spacial score (nSPS) is 28.5. The molecular weight excluding hydrogens is 379 g/mol. The smallest absolute Gasteiger partial charge is 0.371 e. The van der Waals surface area contributed by atoms with Gasteiger partial charge in [-0.2, -0.15) is 0 Å². The van der Waals surface area contributed by atoms with Crippen molar-refractivity contribution in [1.82, 2.24) is 0 Å². The molecule has 2 heterocycles. The van der Waals surface area contributed by atoms with Crippen molar-refractivity contribution in [3.05, 3.63) is 66.0 Å². The fraction of sp³-hybridized carbons (Fsp3) is 0.286. The predicted molar refractivity (Wildman–Crippen MR) is 98.8 cm³/mol. The maximum atomic E-state index is 13.9. The van der Waals surface area contributed by atoms with E-state index in [4.69, 9.17) is 4.74 Å². The molecule has 4 rings (SSSR count). The molecular formula is C21H20FN2O5+. The van der Waals surface area contributed by atoms with Gasteiger partial charge >= 0.3 is 5.97 Å². The Morgan fingerprint density at radius 2 is 1.90 bits per heavy atom. The SMILES string of the molecule is COC(=O)[C@]1(CO)[NH2+][C@@H](c2cccc(F)c2)[C@H]2C(=O)N(c3ccccc3)C(=O)[C@H]21. The van der Waals surface area contributed by atoms with Crippen LogP contribution in [0.5, 0.6) is 0 Å². The van der Waals surface area contributed by atoms with E-state index in [1.165, 1.54) is 23.5 Å². The highest BCUT2D eigenvalue weighted by molar-refractivity contribution is 6.23. The van der Waals surface area contributed by atoms with Crippen molar-refractivity contribution in [2.45, 2.75) is 11.6 Å². The first kappa shape index (κ1) is 19.2. The molecule has 0 bridgehead atoms. The number of aliphatic hydroxyl groups excluding tert-OH is 1. The molecule has 29 heavy (non-hydrogen) atoms. The van der Waals surface area contributed by atoms with Crippen LogP contribution in [-0.2, 0) is 19.1 Å². The molecule has 2 aliphatic rings. The van der Waals surface area contributed by atoms with Gasteiger partial charge in [0.1, 0.15) is 30.3 Å². The maximum Gasteiger partial charge on any atom is 0.371 e. The summed E-state index contributed by atoms with van der Waals surface area (Å²) < 4.78 is 18.7. The molecule has 3 N–H and O–H groups in total. The lowest BCUT2D eigenvalue weighted by Gasteiger charge is -2.27. The van der Waals surface area contributed by atoms with Crippen molar-refractivity contribution >= 4 is 23.5 Å². The van der Waals surface area contributed by atoms with Crippen LogP contribution in [0.15, 0.2) is 54.6 Å². The van der Waals surface area contributed by atoms with E-state index in [1.807, 2.05) is 0 Å². The Labute approximate surface area is 166 Å². The molecule has 150 valence electrons. The van der Waals surface area contributed by atoms with Crippen LogP contribution >= 0.6 is 0 Å². The van der Waals surface area contributed by atoms with E-state index in [1.54, 1.807) is 36.4 Å². The summed E-state index contributed by atoms with van der Waals surface area (Å²) in [6, 6.07) is 13.3. The highest BCUT2D eigenvalue weighted by Crippen LogP contribution is 2.45.